The van der Waals surface area contributed by atoms with Crippen molar-refractivity contribution in [1.82, 2.24) is 0 Å². The average molecular weight is 284 g/mol. The maximum atomic E-state index is 13.1. The number of benzene rings is 2. The molecule has 104 valence electrons. The fourth-order valence-electron chi connectivity index (χ4n) is 2.05. The Morgan fingerprint density at radius 1 is 1.05 bits per heavy atom. The van der Waals surface area contributed by atoms with Crippen LogP contribution >= 0.6 is 0 Å². The van der Waals surface area contributed by atoms with Crippen LogP contribution in [0.2, 0.25) is 0 Å². The Balaban J connectivity index is 2.14. The van der Waals surface area contributed by atoms with Gasteiger partial charge in [0.1, 0.15) is 17.2 Å². The smallest absolute Gasteiger partial charge is 0.335 e. The maximum Gasteiger partial charge on any atom is 0.335 e. The lowest BCUT2D eigenvalue weighted by Crippen LogP contribution is -2.01. The Morgan fingerprint density at radius 2 is 1.76 bits per heavy atom. The molecule has 1 heterocycles. The highest BCUT2D eigenvalue weighted by atomic mass is 19.1. The van der Waals surface area contributed by atoms with Crippen molar-refractivity contribution in [2.75, 3.05) is 0 Å². The van der Waals surface area contributed by atoms with Gasteiger partial charge in [0.15, 0.2) is 5.43 Å². The third kappa shape index (κ3) is 2.41. The molecule has 1 N–H and O–H groups in total. The van der Waals surface area contributed by atoms with Crippen LogP contribution in [-0.2, 0) is 0 Å². The quantitative estimate of drug-likeness (QED) is 0.784. The van der Waals surface area contributed by atoms with E-state index in [0.29, 0.717) is 11.3 Å². The highest BCUT2D eigenvalue weighted by molar-refractivity contribution is 5.88. The lowest BCUT2D eigenvalue weighted by molar-refractivity contribution is 0.0697. The Kier molecular flexibility index (Phi) is 3.02. The normalized spacial score (nSPS) is 10.7. The van der Waals surface area contributed by atoms with Crippen LogP contribution in [0.1, 0.15) is 10.4 Å². The molecule has 0 amide bonds. The van der Waals surface area contributed by atoms with Gasteiger partial charge in [0.05, 0.1) is 10.9 Å². The van der Waals surface area contributed by atoms with Crippen LogP contribution in [0.5, 0.6) is 0 Å². The van der Waals surface area contributed by atoms with Crippen LogP contribution < -0.4 is 5.43 Å². The number of carboxylic acid groups (broad SMARTS) is 1. The Hall–Kier alpha value is -2.95. The van der Waals surface area contributed by atoms with Crippen LogP contribution in [0.4, 0.5) is 4.39 Å². The van der Waals surface area contributed by atoms with Crippen LogP contribution in [0.15, 0.2) is 57.7 Å². The van der Waals surface area contributed by atoms with E-state index in [0.717, 1.165) is 6.07 Å². The topological polar surface area (TPSA) is 67.5 Å². The fraction of sp³-hybridized carbons (Fsp3) is 0. The summed E-state index contributed by atoms with van der Waals surface area (Å²) >= 11 is 0. The third-order valence-electron chi connectivity index (χ3n) is 3.11. The van der Waals surface area contributed by atoms with Crippen LogP contribution in [0, 0.1) is 5.82 Å². The van der Waals surface area contributed by atoms with E-state index in [2.05, 4.69) is 0 Å². The van der Waals surface area contributed by atoms with E-state index >= 15 is 0 Å². The Bertz CT molecular complexity index is 894. The average Bonchev–Trinajstić information content (AvgIpc) is 2.48. The van der Waals surface area contributed by atoms with Gasteiger partial charge in [-0.1, -0.05) is 12.1 Å². The summed E-state index contributed by atoms with van der Waals surface area (Å²) in [5.74, 6) is -1.23. The minimum atomic E-state index is -1.03. The van der Waals surface area contributed by atoms with Gasteiger partial charge in [-0.15, -0.1) is 0 Å². The zero-order valence-electron chi connectivity index (χ0n) is 10.7. The molecule has 3 rings (SSSR count). The lowest BCUT2D eigenvalue weighted by Gasteiger charge is -2.04. The number of rotatable bonds is 2. The summed E-state index contributed by atoms with van der Waals surface area (Å²) in [4.78, 5) is 22.8. The summed E-state index contributed by atoms with van der Waals surface area (Å²) in [6.07, 6.45) is 0. The van der Waals surface area contributed by atoms with Gasteiger partial charge < -0.3 is 9.52 Å². The summed E-state index contributed by atoms with van der Waals surface area (Å²) < 4.78 is 18.7. The molecule has 0 unspecified atom stereocenters. The van der Waals surface area contributed by atoms with Crippen molar-refractivity contribution in [2.45, 2.75) is 0 Å². The molecule has 0 atom stereocenters. The van der Waals surface area contributed by atoms with Crippen molar-refractivity contribution in [3.8, 4) is 11.3 Å². The van der Waals surface area contributed by atoms with Crippen molar-refractivity contribution in [3.05, 3.63) is 70.1 Å². The van der Waals surface area contributed by atoms with Crippen molar-refractivity contribution < 1.29 is 18.7 Å². The van der Waals surface area contributed by atoms with E-state index in [1.54, 1.807) is 12.1 Å². The van der Waals surface area contributed by atoms with Crippen LogP contribution in [0.25, 0.3) is 22.3 Å². The molecule has 0 radical (unpaired) electrons. The summed E-state index contributed by atoms with van der Waals surface area (Å²) in [5, 5.41) is 9.02. The molecule has 4 nitrogen and oxygen atoms in total. The zero-order chi connectivity index (χ0) is 15.0. The molecule has 0 bridgehead atoms. The second kappa shape index (κ2) is 4.86. The molecule has 21 heavy (non-hydrogen) atoms. The van der Waals surface area contributed by atoms with Gasteiger partial charge in [-0.25, -0.2) is 9.18 Å². The fourth-order valence-corrected chi connectivity index (χ4v) is 2.05. The Morgan fingerprint density at radius 3 is 2.43 bits per heavy atom. The van der Waals surface area contributed by atoms with Crippen molar-refractivity contribution >= 4 is 16.9 Å². The number of hydrogen-bond donors (Lipinski definition) is 1. The van der Waals surface area contributed by atoms with Crippen LogP contribution in [0.3, 0.4) is 0 Å². The predicted molar refractivity (Wildman–Crippen MR) is 74.8 cm³/mol. The first kappa shape index (κ1) is 13.1. The van der Waals surface area contributed by atoms with Crippen molar-refractivity contribution in [3.63, 3.8) is 0 Å². The highest BCUT2D eigenvalue weighted by Gasteiger charge is 2.09. The van der Waals surface area contributed by atoms with Crippen molar-refractivity contribution in [2.24, 2.45) is 0 Å². The van der Waals surface area contributed by atoms with E-state index in [1.807, 2.05) is 0 Å². The molecule has 0 fully saturated rings. The first-order chi connectivity index (χ1) is 10.0. The molecular weight excluding hydrogens is 275 g/mol. The number of fused-ring (bicyclic) bond motifs is 1. The minimum Gasteiger partial charge on any atom is -0.478 e. The summed E-state index contributed by atoms with van der Waals surface area (Å²) in [5.41, 5.74) is 0.640. The zero-order valence-corrected chi connectivity index (χ0v) is 10.7. The summed E-state index contributed by atoms with van der Waals surface area (Å²) in [6.45, 7) is 0. The lowest BCUT2D eigenvalue weighted by atomic mass is 10.1. The summed E-state index contributed by atoms with van der Waals surface area (Å²) in [6, 6.07) is 10.9. The van der Waals surface area contributed by atoms with Gasteiger partial charge in [-0.3, -0.25) is 4.79 Å². The van der Waals surface area contributed by atoms with Gasteiger partial charge in [0.25, 0.3) is 0 Å². The van der Waals surface area contributed by atoms with Crippen LogP contribution in [-0.4, -0.2) is 11.1 Å². The number of halogens is 1. The molecule has 0 aliphatic carbocycles. The van der Waals surface area contributed by atoms with Crippen molar-refractivity contribution in [1.29, 1.82) is 0 Å². The highest BCUT2D eigenvalue weighted by Crippen LogP contribution is 2.23. The summed E-state index contributed by atoms with van der Waals surface area (Å²) in [7, 11) is 0. The molecular formula is C16H9FO4. The number of carboxylic acids is 1. The molecule has 5 heteroatoms. The molecule has 0 aliphatic heterocycles. The van der Waals surface area contributed by atoms with E-state index in [-0.39, 0.29) is 22.0 Å². The maximum absolute atomic E-state index is 13.1. The Labute approximate surface area is 118 Å². The molecule has 3 aromatic rings. The standard InChI is InChI=1S/C16H9FO4/c17-11-5-6-14-12(7-11)13(18)8-15(21-14)9-1-3-10(4-2-9)16(19)20/h1-8H,(H,19,20). The molecule has 0 saturated carbocycles. The molecule has 0 aliphatic rings. The SMILES string of the molecule is O=C(O)c1ccc(-c2cc(=O)c3cc(F)ccc3o2)cc1. The monoisotopic (exact) mass is 284 g/mol. The molecule has 0 spiro atoms. The third-order valence-corrected chi connectivity index (χ3v) is 3.11. The van der Waals surface area contributed by atoms with Gasteiger partial charge in [-0.05, 0) is 30.3 Å². The van der Waals surface area contributed by atoms with Gasteiger partial charge in [0, 0.05) is 11.6 Å². The second-order valence-corrected chi connectivity index (χ2v) is 4.50. The predicted octanol–water partition coefficient (Wildman–Crippen LogP) is 3.30. The second-order valence-electron chi connectivity index (χ2n) is 4.50. The van der Waals surface area contributed by atoms with E-state index in [9.17, 15) is 14.0 Å². The van der Waals surface area contributed by atoms with Gasteiger partial charge in [-0.2, -0.15) is 0 Å². The molecule has 1 aromatic heterocycles. The largest absolute Gasteiger partial charge is 0.478 e. The van der Waals surface area contributed by atoms with Gasteiger partial charge >= 0.3 is 5.97 Å². The van der Waals surface area contributed by atoms with Gasteiger partial charge in [0.2, 0.25) is 0 Å². The molecule has 0 saturated heterocycles. The van der Waals surface area contributed by atoms with E-state index in [1.165, 1.54) is 30.3 Å². The van der Waals surface area contributed by atoms with E-state index in [4.69, 9.17) is 9.52 Å². The minimum absolute atomic E-state index is 0.143. The van der Waals surface area contributed by atoms with E-state index < -0.39 is 11.8 Å². The number of hydrogen-bond acceptors (Lipinski definition) is 3. The number of aromatic carboxylic acids is 1. The molecule has 2 aromatic carbocycles. The first-order valence-electron chi connectivity index (χ1n) is 6.12. The number of carbonyl (C=O) groups is 1. The first-order valence-corrected chi connectivity index (χ1v) is 6.12.